The van der Waals surface area contributed by atoms with E-state index in [1.54, 1.807) is 19.9 Å². The van der Waals surface area contributed by atoms with E-state index in [9.17, 15) is 30.3 Å². The van der Waals surface area contributed by atoms with E-state index in [1.165, 1.54) is 14.2 Å². The molecule has 30 heavy (non-hydrogen) atoms. The number of carbonyl (C=O) groups is 1. The molecule has 0 spiro atoms. The normalized spacial score (nSPS) is 38.0. The van der Waals surface area contributed by atoms with E-state index in [0.717, 1.165) is 5.57 Å². The smallest absolute Gasteiger partial charge is 0.204 e. The fourth-order valence-electron chi connectivity index (χ4n) is 3.69. The number of ketones is 1. The molecule has 10 heteroatoms. The largest absolute Gasteiger partial charge is 0.494 e. The molecule has 1 aliphatic heterocycles. The lowest BCUT2D eigenvalue weighted by molar-refractivity contribution is -0.299. The first-order chi connectivity index (χ1) is 14.2. The predicted octanol–water partition coefficient (Wildman–Crippen LogP) is -1.16. The number of aliphatic hydroxyl groups is 5. The van der Waals surface area contributed by atoms with Crippen LogP contribution in [0.15, 0.2) is 23.2 Å². The van der Waals surface area contributed by atoms with Crippen molar-refractivity contribution in [3.05, 3.63) is 23.2 Å². The van der Waals surface area contributed by atoms with Gasteiger partial charge in [-0.1, -0.05) is 18.6 Å². The third kappa shape index (κ3) is 5.02. The zero-order valence-corrected chi connectivity index (χ0v) is 17.6. The molecule has 0 amide bonds. The van der Waals surface area contributed by atoms with Gasteiger partial charge in [-0.2, -0.15) is 0 Å². The maximum atomic E-state index is 12.5. The van der Waals surface area contributed by atoms with E-state index in [2.05, 4.69) is 0 Å². The number of aliphatic hydroxyl groups excluding tert-OH is 5. The Hall–Kier alpha value is -1.53. The van der Waals surface area contributed by atoms with Gasteiger partial charge in [0.1, 0.15) is 30.5 Å². The monoisotopic (exact) mass is 432 g/mol. The minimum absolute atomic E-state index is 0.0282. The van der Waals surface area contributed by atoms with Gasteiger partial charge in [0.05, 0.1) is 27.4 Å². The first-order valence-electron chi connectivity index (χ1n) is 9.80. The number of hydrogen-bond acceptors (Lipinski definition) is 10. The summed E-state index contributed by atoms with van der Waals surface area (Å²) >= 11 is 0. The molecule has 5 N–H and O–H groups in total. The zero-order chi connectivity index (χ0) is 22.6. The van der Waals surface area contributed by atoms with Gasteiger partial charge >= 0.3 is 0 Å². The Labute approximate surface area is 175 Å². The van der Waals surface area contributed by atoms with E-state index in [1.807, 2.05) is 0 Å². The zero-order valence-electron chi connectivity index (χ0n) is 17.6. The summed E-state index contributed by atoms with van der Waals surface area (Å²) in [4.78, 5) is 12.5. The van der Waals surface area contributed by atoms with Crippen LogP contribution >= 0.6 is 0 Å². The van der Waals surface area contributed by atoms with E-state index >= 15 is 0 Å². The summed E-state index contributed by atoms with van der Waals surface area (Å²) in [5, 5.41) is 49.4. The van der Waals surface area contributed by atoms with Crippen LogP contribution in [0.5, 0.6) is 0 Å². The lowest BCUT2D eigenvalue weighted by Crippen LogP contribution is -2.59. The van der Waals surface area contributed by atoms with Gasteiger partial charge in [0, 0.05) is 11.8 Å². The molecule has 0 bridgehead atoms. The van der Waals surface area contributed by atoms with Crippen molar-refractivity contribution in [2.75, 3.05) is 27.4 Å². The van der Waals surface area contributed by atoms with Crippen molar-refractivity contribution >= 4 is 5.78 Å². The highest BCUT2D eigenvalue weighted by Gasteiger charge is 2.44. The summed E-state index contributed by atoms with van der Waals surface area (Å²) in [6, 6.07) is 0. The Bertz CT molecular complexity index is 658. The molecule has 0 radical (unpaired) electrons. The van der Waals surface area contributed by atoms with Gasteiger partial charge in [0.25, 0.3) is 0 Å². The molecule has 172 valence electrons. The Morgan fingerprint density at radius 1 is 1.10 bits per heavy atom. The number of carbonyl (C=O) groups excluding carboxylic acids is 1. The van der Waals surface area contributed by atoms with Crippen LogP contribution in [0.2, 0.25) is 0 Å². The molecule has 8 atom stereocenters. The van der Waals surface area contributed by atoms with Gasteiger partial charge in [-0.15, -0.1) is 0 Å². The molecule has 0 aromatic carbocycles. The minimum atomic E-state index is -1.51. The second kappa shape index (κ2) is 10.7. The highest BCUT2D eigenvalue weighted by molar-refractivity contribution is 5.97. The van der Waals surface area contributed by atoms with Crippen molar-refractivity contribution in [3.63, 3.8) is 0 Å². The standard InChI is InChI=1S/C20H32O10/c1-9(8-29-20-17(26)16(25)15(24)12(7-21)30-20)5-6-11-10(2)13(22)18(27-3)19(28-4)14(11)23/h5,10-12,14-17,20-21,23-26H,6-8H2,1-4H3/t10?,11?,12?,14?,15-,16+,17?,20-/m0/s1. The molecular weight excluding hydrogens is 400 g/mol. The third-order valence-corrected chi connectivity index (χ3v) is 5.66. The van der Waals surface area contributed by atoms with Gasteiger partial charge in [0.15, 0.2) is 12.0 Å². The summed E-state index contributed by atoms with van der Waals surface area (Å²) in [5.41, 5.74) is 0.735. The highest BCUT2D eigenvalue weighted by atomic mass is 16.7. The number of allylic oxidation sites excluding steroid dienone is 2. The van der Waals surface area contributed by atoms with Gasteiger partial charge in [-0.3, -0.25) is 4.79 Å². The first-order valence-corrected chi connectivity index (χ1v) is 9.80. The molecule has 0 aromatic heterocycles. The van der Waals surface area contributed by atoms with E-state index in [4.69, 9.17) is 18.9 Å². The van der Waals surface area contributed by atoms with Gasteiger partial charge in [-0.25, -0.2) is 0 Å². The average Bonchev–Trinajstić information content (AvgIpc) is 2.73. The molecule has 2 rings (SSSR count). The number of ether oxygens (including phenoxy) is 4. The van der Waals surface area contributed by atoms with Crippen molar-refractivity contribution in [3.8, 4) is 0 Å². The second-order valence-corrected chi connectivity index (χ2v) is 7.66. The summed E-state index contributed by atoms with van der Waals surface area (Å²) in [5.74, 6) is -1.01. The quantitative estimate of drug-likeness (QED) is 0.297. The molecule has 0 aromatic rings. The molecule has 1 saturated heterocycles. The Morgan fingerprint density at radius 2 is 1.77 bits per heavy atom. The Kier molecular flexibility index (Phi) is 8.80. The van der Waals surface area contributed by atoms with E-state index in [-0.39, 0.29) is 23.9 Å². The van der Waals surface area contributed by atoms with Gasteiger partial charge in [-0.05, 0) is 13.3 Å². The average molecular weight is 432 g/mol. The minimum Gasteiger partial charge on any atom is -0.494 e. The van der Waals surface area contributed by atoms with Gasteiger partial charge in [0.2, 0.25) is 11.5 Å². The number of hydrogen-bond donors (Lipinski definition) is 5. The highest BCUT2D eigenvalue weighted by Crippen LogP contribution is 2.35. The molecule has 1 fully saturated rings. The summed E-state index contributed by atoms with van der Waals surface area (Å²) in [7, 11) is 2.72. The molecule has 5 unspecified atom stereocenters. The maximum absolute atomic E-state index is 12.5. The topological polar surface area (TPSA) is 155 Å². The lowest BCUT2D eigenvalue weighted by Gasteiger charge is -2.39. The van der Waals surface area contributed by atoms with Crippen LogP contribution in [0, 0.1) is 11.8 Å². The predicted molar refractivity (Wildman–Crippen MR) is 103 cm³/mol. The fourth-order valence-corrected chi connectivity index (χ4v) is 3.69. The van der Waals surface area contributed by atoms with Crippen LogP contribution in [-0.4, -0.2) is 95.6 Å². The van der Waals surface area contributed by atoms with Crippen LogP contribution < -0.4 is 0 Å². The first kappa shape index (κ1) is 24.7. The van der Waals surface area contributed by atoms with E-state index < -0.39 is 55.3 Å². The van der Waals surface area contributed by atoms with Crippen molar-refractivity contribution in [1.29, 1.82) is 0 Å². The number of rotatable bonds is 8. The summed E-state index contributed by atoms with van der Waals surface area (Å²) in [6.45, 7) is 2.97. The van der Waals surface area contributed by atoms with E-state index in [0.29, 0.717) is 6.42 Å². The lowest BCUT2D eigenvalue weighted by atomic mass is 9.77. The number of Topliss-reactive ketones (excluding diaryl/α,β-unsaturated/α-hetero) is 1. The Balaban J connectivity index is 2.00. The van der Waals surface area contributed by atoms with Crippen LogP contribution in [0.4, 0.5) is 0 Å². The molecular formula is C20H32O10. The molecule has 2 aliphatic rings. The van der Waals surface area contributed by atoms with Crippen LogP contribution in [-0.2, 0) is 23.7 Å². The molecule has 0 saturated carbocycles. The fraction of sp³-hybridized carbons (Fsp3) is 0.750. The van der Waals surface area contributed by atoms with Gasteiger partial charge < -0.3 is 44.5 Å². The van der Waals surface area contributed by atoms with Crippen molar-refractivity contribution < 1.29 is 49.3 Å². The Morgan fingerprint density at radius 3 is 2.33 bits per heavy atom. The maximum Gasteiger partial charge on any atom is 0.204 e. The van der Waals surface area contributed by atoms with Crippen molar-refractivity contribution in [2.45, 2.75) is 57.1 Å². The third-order valence-electron chi connectivity index (χ3n) is 5.66. The SMILES string of the molecule is COC1=C(OC)C(O)C(CC=C(C)CO[C@H]2OC(CO)[C@H](O)[C@@H](O)C2O)C(C)C1=O. The van der Waals surface area contributed by atoms with Crippen LogP contribution in [0.1, 0.15) is 20.3 Å². The summed E-state index contributed by atoms with van der Waals surface area (Å²) < 4.78 is 21.0. The van der Waals surface area contributed by atoms with Crippen LogP contribution in [0.25, 0.3) is 0 Å². The molecule has 10 nitrogen and oxygen atoms in total. The van der Waals surface area contributed by atoms with Crippen molar-refractivity contribution in [2.24, 2.45) is 11.8 Å². The summed E-state index contributed by atoms with van der Waals surface area (Å²) in [6.07, 6.45) is -5.55. The van der Waals surface area contributed by atoms with Crippen molar-refractivity contribution in [1.82, 2.24) is 0 Å². The molecule has 1 aliphatic carbocycles. The molecule has 1 heterocycles. The number of methoxy groups -OCH3 is 2. The second-order valence-electron chi connectivity index (χ2n) is 7.66. The van der Waals surface area contributed by atoms with Crippen LogP contribution in [0.3, 0.4) is 0 Å².